The molecule has 0 fully saturated rings. The number of carbonyl (C=O) groups excluding carboxylic acids is 2. The number of ether oxygens (including phenoxy) is 4. The van der Waals surface area contributed by atoms with E-state index in [0.29, 0.717) is 17.4 Å². The van der Waals surface area contributed by atoms with Crippen molar-refractivity contribution in [3.63, 3.8) is 0 Å². The highest BCUT2D eigenvalue weighted by Gasteiger charge is 2.25. The van der Waals surface area contributed by atoms with Gasteiger partial charge < -0.3 is 28.5 Å². The summed E-state index contributed by atoms with van der Waals surface area (Å²) in [6.45, 7) is 4.60. The molecule has 0 heterocycles. The van der Waals surface area contributed by atoms with E-state index >= 15 is 0 Å². The van der Waals surface area contributed by atoms with Gasteiger partial charge in [0, 0.05) is 12.8 Å². The normalized spacial score (nSPS) is 13.9. The fourth-order valence-electron chi connectivity index (χ4n) is 9.08. The van der Waals surface area contributed by atoms with Crippen LogP contribution in [0.3, 0.4) is 0 Å². The van der Waals surface area contributed by atoms with E-state index in [-0.39, 0.29) is 38.6 Å². The topological polar surface area (TPSA) is 108 Å². The highest BCUT2D eigenvalue weighted by Crippen LogP contribution is 2.15. The molecule has 2 atom stereocenters. The first kappa shape index (κ1) is 86.9. The zero-order valence-electron chi connectivity index (χ0n) is 59.3. The molecule has 0 aliphatic rings. The molecule has 0 amide bonds. The third-order valence-corrected chi connectivity index (χ3v) is 14.5. The van der Waals surface area contributed by atoms with Crippen LogP contribution < -0.4 is 0 Å². The molecule has 0 aliphatic heterocycles. The highest BCUT2D eigenvalue weighted by molar-refractivity contribution is 5.71. The maximum atomic E-state index is 13.0. The van der Waals surface area contributed by atoms with Crippen molar-refractivity contribution in [2.24, 2.45) is 0 Å². The highest BCUT2D eigenvalue weighted by atomic mass is 16.7. The number of unbranched alkanes of at least 4 members (excludes halogenated alkanes) is 15. The van der Waals surface area contributed by atoms with Crippen LogP contribution in [0.15, 0.2) is 207 Å². The quantitative estimate of drug-likeness (QED) is 0.0211. The number of likely N-dealkylation sites (N-methyl/N-ethyl adjacent to an activating group) is 1. The number of esters is 2. The predicted octanol–water partition coefficient (Wildman–Crippen LogP) is 23.1. The first-order valence-corrected chi connectivity index (χ1v) is 36.2. The van der Waals surface area contributed by atoms with Gasteiger partial charge in [0.1, 0.15) is 13.2 Å². The number of allylic oxidation sites excluding steroid dienone is 34. The van der Waals surface area contributed by atoms with Crippen molar-refractivity contribution in [3.05, 3.63) is 207 Å². The molecule has 520 valence electrons. The van der Waals surface area contributed by atoms with Crippen LogP contribution in [0.4, 0.5) is 0 Å². The molecule has 0 aromatic rings. The molecule has 0 spiro atoms. The van der Waals surface area contributed by atoms with Gasteiger partial charge >= 0.3 is 17.9 Å². The Hall–Kier alpha value is -6.13. The molecule has 0 bridgehead atoms. The second kappa shape index (κ2) is 71.7. The number of hydrogen-bond acceptors (Lipinski definition) is 7. The lowest BCUT2D eigenvalue weighted by Crippen LogP contribution is -2.40. The average molecular weight is 1280 g/mol. The third-order valence-electron chi connectivity index (χ3n) is 14.5. The number of hydrogen-bond donors (Lipinski definition) is 1. The van der Waals surface area contributed by atoms with E-state index < -0.39 is 24.3 Å². The summed E-state index contributed by atoms with van der Waals surface area (Å²) in [5.74, 6) is -2.06. The van der Waals surface area contributed by atoms with Crippen molar-refractivity contribution >= 4 is 17.9 Å². The summed E-state index contributed by atoms with van der Waals surface area (Å²) in [5, 5.41) is 9.75. The summed E-state index contributed by atoms with van der Waals surface area (Å²) in [7, 11) is 5.95. The van der Waals surface area contributed by atoms with Gasteiger partial charge in [0.05, 0.1) is 34.4 Å². The van der Waals surface area contributed by atoms with Gasteiger partial charge in [-0.1, -0.05) is 291 Å². The summed E-state index contributed by atoms with van der Waals surface area (Å²) in [6, 6.07) is 0. The fraction of sp³-hybridized carbons (Fsp3) is 0.560. The second-order valence-corrected chi connectivity index (χ2v) is 24.4. The smallest absolute Gasteiger partial charge is 0.361 e. The first-order valence-electron chi connectivity index (χ1n) is 36.2. The minimum Gasteiger partial charge on any atom is -0.477 e. The molecule has 1 N–H and O–H groups in total. The molecular formula is C84H132NO8+. The van der Waals surface area contributed by atoms with E-state index in [0.717, 1.165) is 173 Å². The molecule has 9 nitrogen and oxygen atoms in total. The average Bonchev–Trinajstić information content (AvgIpc) is 3.38. The molecular weight excluding hydrogens is 1150 g/mol. The summed E-state index contributed by atoms with van der Waals surface area (Å²) in [4.78, 5) is 37.7. The number of carbonyl (C=O) groups is 3. The Morgan fingerprint density at radius 1 is 0.323 bits per heavy atom. The van der Waals surface area contributed by atoms with Crippen molar-refractivity contribution < 1.29 is 42.9 Å². The van der Waals surface area contributed by atoms with Crippen molar-refractivity contribution in [2.75, 3.05) is 47.5 Å². The summed E-state index contributed by atoms with van der Waals surface area (Å²) < 4.78 is 22.9. The van der Waals surface area contributed by atoms with E-state index in [4.69, 9.17) is 18.9 Å². The van der Waals surface area contributed by atoms with Crippen LogP contribution >= 0.6 is 0 Å². The maximum absolute atomic E-state index is 13.0. The van der Waals surface area contributed by atoms with E-state index in [2.05, 4.69) is 220 Å². The number of carboxylic acid groups (broad SMARTS) is 1. The number of carboxylic acids is 1. The molecule has 9 heteroatoms. The molecule has 93 heavy (non-hydrogen) atoms. The van der Waals surface area contributed by atoms with Crippen LogP contribution in [0.1, 0.15) is 245 Å². The van der Waals surface area contributed by atoms with Crippen molar-refractivity contribution in [3.8, 4) is 0 Å². The van der Waals surface area contributed by atoms with Gasteiger partial charge in [-0.05, 0) is 148 Å². The van der Waals surface area contributed by atoms with Crippen LogP contribution in [0, 0.1) is 0 Å². The molecule has 0 aromatic heterocycles. The van der Waals surface area contributed by atoms with Gasteiger partial charge in [-0.3, -0.25) is 9.59 Å². The van der Waals surface area contributed by atoms with Crippen LogP contribution in [-0.4, -0.2) is 87.4 Å². The van der Waals surface area contributed by atoms with Crippen molar-refractivity contribution in [1.82, 2.24) is 0 Å². The summed E-state index contributed by atoms with van der Waals surface area (Å²) in [5.41, 5.74) is 0. The standard InChI is InChI=1S/C84H131NO8/c1-6-8-10-12-14-16-18-20-22-24-26-28-30-32-34-36-37-38-39-40-41-42-43-44-45-47-49-51-53-55-57-59-61-63-65-67-69-71-73-75-82(87)93-80(79-92-84(83(88)89)90-77-76-85(3,4)5)78-91-81(86)74-72-70-68-66-64-62-60-58-56-54-52-50-48-46-35-33-31-29-27-25-23-21-19-17-15-13-11-9-7-2/h8-11,14-17,20-23,26-29,32-35,37-38,40-41,43-44,47-50,53,55,59,61,80,84H,6-7,12-13,18-19,24-25,30-31,36,39,42,45-46,51-52,54,56-58,60,62-79H2,1-5H3/p+1/b10-8-,11-9-,16-14-,17-15-,22-20-,23-21-,28-26-,29-27-,34-32-,35-33-,38-37-,41-40-,44-43-,49-47-,50-48-,55-53-,61-59-. The van der Waals surface area contributed by atoms with Crippen LogP contribution in [0.2, 0.25) is 0 Å². The SMILES string of the molecule is CC/C=C\C/C=C\C/C=C\C/C=C\C/C=C\C/C=C\C/C=C\C/C=C\C/C=C\C/C=C\C/C=C\CCCCCCCC(=O)OC(COC(=O)CCCCCCCCCCCC/C=C\C/C=C\C/C=C\C/C=C\C/C=C\C/C=C\CC)COC(OCC[N+](C)(C)C)C(=O)O. The number of quaternary nitrogens is 1. The molecule has 2 unspecified atom stereocenters. The fourth-order valence-corrected chi connectivity index (χ4v) is 9.08. The van der Waals surface area contributed by atoms with E-state index in [9.17, 15) is 19.5 Å². The lowest BCUT2D eigenvalue weighted by Gasteiger charge is -2.25. The van der Waals surface area contributed by atoms with E-state index in [1.54, 1.807) is 0 Å². The Morgan fingerprint density at radius 3 is 0.860 bits per heavy atom. The maximum Gasteiger partial charge on any atom is 0.361 e. The van der Waals surface area contributed by atoms with Gasteiger partial charge in [0.25, 0.3) is 6.29 Å². The molecule has 0 radical (unpaired) electrons. The lowest BCUT2D eigenvalue weighted by atomic mass is 10.1. The minimum absolute atomic E-state index is 0.171. The van der Waals surface area contributed by atoms with Gasteiger partial charge in [-0.2, -0.15) is 0 Å². The Labute approximate surface area is 569 Å². The van der Waals surface area contributed by atoms with Gasteiger partial charge in [-0.15, -0.1) is 0 Å². The van der Waals surface area contributed by atoms with Gasteiger partial charge in [-0.25, -0.2) is 4.79 Å². The molecule has 0 rings (SSSR count). The van der Waals surface area contributed by atoms with Crippen molar-refractivity contribution in [1.29, 1.82) is 0 Å². The zero-order chi connectivity index (χ0) is 67.5. The summed E-state index contributed by atoms with van der Waals surface area (Å²) in [6.07, 6.45) is 109. The van der Waals surface area contributed by atoms with E-state index in [1.807, 2.05) is 21.1 Å². The third kappa shape index (κ3) is 73.1. The number of nitrogens with zero attached hydrogens (tertiary/aromatic N) is 1. The zero-order valence-corrected chi connectivity index (χ0v) is 59.3. The number of rotatable bonds is 64. The molecule has 0 saturated carbocycles. The Morgan fingerprint density at radius 2 is 0.581 bits per heavy atom. The predicted molar refractivity (Wildman–Crippen MR) is 400 cm³/mol. The van der Waals surface area contributed by atoms with Crippen molar-refractivity contribution in [2.45, 2.75) is 257 Å². The number of aliphatic carboxylic acids is 1. The molecule has 0 aliphatic carbocycles. The summed E-state index contributed by atoms with van der Waals surface area (Å²) >= 11 is 0. The van der Waals surface area contributed by atoms with Crippen LogP contribution in [-0.2, 0) is 33.3 Å². The van der Waals surface area contributed by atoms with E-state index in [1.165, 1.54) is 38.5 Å². The van der Waals surface area contributed by atoms with Crippen LogP contribution in [0.5, 0.6) is 0 Å². The monoisotopic (exact) mass is 1280 g/mol. The first-order chi connectivity index (χ1) is 45.6. The molecule has 0 aromatic carbocycles. The van der Waals surface area contributed by atoms with Gasteiger partial charge in [0.2, 0.25) is 0 Å². The Kier molecular flexibility index (Phi) is 67.0. The second-order valence-electron chi connectivity index (χ2n) is 24.4. The van der Waals surface area contributed by atoms with Crippen LogP contribution in [0.25, 0.3) is 0 Å². The minimum atomic E-state index is -1.53. The largest absolute Gasteiger partial charge is 0.477 e. The molecule has 0 saturated heterocycles. The lowest BCUT2D eigenvalue weighted by molar-refractivity contribution is -0.870. The Balaban J connectivity index is 4.25. The van der Waals surface area contributed by atoms with Gasteiger partial charge in [0.15, 0.2) is 6.10 Å². The Bertz CT molecular complexity index is 2280.